The highest BCUT2D eigenvalue weighted by molar-refractivity contribution is 6.14. The van der Waals surface area contributed by atoms with Gasteiger partial charge in [-0.05, 0) is 62.3 Å². The number of nitrogens with two attached hydrogens (primary N) is 2. The van der Waals surface area contributed by atoms with E-state index in [1.54, 1.807) is 12.4 Å². The van der Waals surface area contributed by atoms with E-state index in [2.05, 4.69) is 9.97 Å². The highest BCUT2D eigenvalue weighted by Gasteiger charge is 2.29. The van der Waals surface area contributed by atoms with Crippen molar-refractivity contribution >= 4 is 22.7 Å². The van der Waals surface area contributed by atoms with Crippen LogP contribution in [0.2, 0.25) is 0 Å². The van der Waals surface area contributed by atoms with Crippen molar-refractivity contribution in [2.75, 3.05) is 6.54 Å². The Kier molecular flexibility index (Phi) is 4.02. The summed E-state index contributed by atoms with van der Waals surface area (Å²) in [4.78, 5) is 13.8. The number of rotatable bonds is 5. The largest absolute Gasteiger partial charge is 0.401 e. The van der Waals surface area contributed by atoms with Gasteiger partial charge < -0.3 is 11.5 Å². The molecule has 0 aliphatic heterocycles. The van der Waals surface area contributed by atoms with Crippen LogP contribution in [-0.4, -0.2) is 28.8 Å². The van der Waals surface area contributed by atoms with Crippen LogP contribution >= 0.6 is 0 Å². The van der Waals surface area contributed by atoms with Crippen LogP contribution < -0.4 is 11.5 Å². The van der Waals surface area contributed by atoms with Crippen molar-refractivity contribution in [1.82, 2.24) is 9.97 Å². The second kappa shape index (κ2) is 6.32. The summed E-state index contributed by atoms with van der Waals surface area (Å²) in [6, 6.07) is 6.28. The Morgan fingerprint density at radius 1 is 1.21 bits per heavy atom. The molecule has 0 unspecified atom stereocenters. The average molecular weight is 321 g/mol. The lowest BCUT2D eigenvalue weighted by atomic mass is 9.81. The first-order valence-electron chi connectivity index (χ1n) is 8.69. The molecule has 124 valence electrons. The van der Waals surface area contributed by atoms with E-state index in [0.717, 1.165) is 60.1 Å². The van der Waals surface area contributed by atoms with Crippen LogP contribution in [0.5, 0.6) is 0 Å². The van der Waals surface area contributed by atoms with Crippen molar-refractivity contribution in [2.45, 2.75) is 31.7 Å². The zero-order chi connectivity index (χ0) is 16.5. The summed E-state index contributed by atoms with van der Waals surface area (Å²) in [5, 5.41) is 1.03. The molecule has 2 saturated carbocycles. The quantitative estimate of drug-likeness (QED) is 0.828. The van der Waals surface area contributed by atoms with Gasteiger partial charge >= 0.3 is 0 Å². The van der Waals surface area contributed by atoms with Crippen molar-refractivity contribution in [3.05, 3.63) is 42.0 Å². The fourth-order valence-corrected chi connectivity index (χ4v) is 3.30. The lowest BCUT2D eigenvalue weighted by molar-refractivity contribution is 0.276. The minimum atomic E-state index is 0.369. The van der Waals surface area contributed by atoms with Crippen LogP contribution in [0.1, 0.15) is 31.4 Å². The van der Waals surface area contributed by atoms with Crippen molar-refractivity contribution in [3.8, 4) is 0 Å². The number of nitrogens with zero attached hydrogens (tertiary/aromatic N) is 3. The molecule has 0 aromatic carbocycles. The molecule has 5 nitrogen and oxygen atoms in total. The molecule has 2 aromatic rings. The maximum atomic E-state index is 6.45. The average Bonchev–Trinajstić information content (AvgIpc) is 3.41. The highest BCUT2D eigenvalue weighted by atomic mass is 14.8. The van der Waals surface area contributed by atoms with E-state index in [-0.39, 0.29) is 0 Å². The predicted octanol–water partition coefficient (Wildman–Crippen LogP) is 2.52. The second-order valence-corrected chi connectivity index (χ2v) is 6.88. The number of fused-ring (bicyclic) bond motifs is 1. The van der Waals surface area contributed by atoms with Crippen LogP contribution in [0.4, 0.5) is 0 Å². The fourth-order valence-electron chi connectivity index (χ4n) is 3.30. The third-order valence-corrected chi connectivity index (χ3v) is 5.07. The Morgan fingerprint density at radius 3 is 2.79 bits per heavy atom. The molecule has 2 aliphatic rings. The van der Waals surface area contributed by atoms with Gasteiger partial charge in [-0.3, -0.25) is 15.0 Å². The fraction of sp³-hybridized carbons (Fsp3) is 0.421. The molecular weight excluding hydrogens is 298 g/mol. The normalized spacial score (nSPS) is 24.9. The monoisotopic (exact) mass is 321 g/mol. The lowest BCUT2D eigenvalue weighted by Crippen LogP contribution is -2.32. The van der Waals surface area contributed by atoms with Gasteiger partial charge in [0.1, 0.15) is 0 Å². The van der Waals surface area contributed by atoms with Crippen molar-refractivity contribution < 1.29 is 0 Å². The molecular formula is C19H23N5. The van der Waals surface area contributed by atoms with Gasteiger partial charge in [0.2, 0.25) is 0 Å². The Balaban J connectivity index is 1.71. The van der Waals surface area contributed by atoms with Crippen LogP contribution in [-0.2, 0) is 0 Å². The molecule has 4 rings (SSSR count). The maximum absolute atomic E-state index is 6.45. The molecule has 24 heavy (non-hydrogen) atoms. The van der Waals surface area contributed by atoms with E-state index in [0.29, 0.717) is 17.9 Å². The van der Waals surface area contributed by atoms with Crippen molar-refractivity contribution in [1.29, 1.82) is 0 Å². The number of pyridine rings is 2. The number of hydrogen-bond donors (Lipinski definition) is 2. The smallest absolute Gasteiger partial charge is 0.0828 e. The summed E-state index contributed by atoms with van der Waals surface area (Å²) in [5.74, 6) is 1.10. The standard InChI is InChI=1S/C19H23N5/c20-10-12-8-14(9-12)24-11-16(18(21)13-3-4-13)19-15-2-1-6-22-17(15)5-7-23-19/h1-2,5-7,11-14H,3-4,8-10,20-21H2. The van der Waals surface area contributed by atoms with Gasteiger partial charge in [-0.15, -0.1) is 0 Å². The van der Waals surface area contributed by atoms with Crippen LogP contribution in [0.3, 0.4) is 0 Å². The zero-order valence-corrected chi connectivity index (χ0v) is 13.7. The summed E-state index contributed by atoms with van der Waals surface area (Å²) in [7, 11) is 0. The molecule has 5 heteroatoms. The summed E-state index contributed by atoms with van der Waals surface area (Å²) in [6.07, 6.45) is 10.0. The van der Waals surface area contributed by atoms with Crippen LogP contribution in [0.15, 0.2) is 41.3 Å². The molecule has 2 aliphatic carbocycles. The Bertz CT molecular complexity index is 795. The zero-order valence-electron chi connectivity index (χ0n) is 13.7. The van der Waals surface area contributed by atoms with Gasteiger partial charge in [0.25, 0.3) is 0 Å². The molecule has 0 saturated heterocycles. The predicted molar refractivity (Wildman–Crippen MR) is 97.4 cm³/mol. The van der Waals surface area contributed by atoms with Crippen LogP contribution in [0.25, 0.3) is 16.5 Å². The molecule has 0 atom stereocenters. The third-order valence-electron chi connectivity index (χ3n) is 5.07. The Labute approximate surface area is 141 Å². The number of hydrogen-bond acceptors (Lipinski definition) is 5. The molecule has 0 bridgehead atoms. The minimum Gasteiger partial charge on any atom is -0.401 e. The molecule has 0 spiro atoms. The lowest BCUT2D eigenvalue weighted by Gasteiger charge is -2.31. The first-order chi connectivity index (χ1) is 11.8. The number of aliphatic imine (C=N–C) groups is 1. The number of allylic oxidation sites excluding steroid dienone is 2. The maximum Gasteiger partial charge on any atom is 0.0828 e. The van der Waals surface area contributed by atoms with Crippen LogP contribution in [0, 0.1) is 11.8 Å². The summed E-state index contributed by atoms with van der Waals surface area (Å²) in [5.41, 5.74) is 15.9. The molecule has 2 aromatic heterocycles. The topological polar surface area (TPSA) is 90.2 Å². The summed E-state index contributed by atoms with van der Waals surface area (Å²) >= 11 is 0. The molecule has 4 N–H and O–H groups in total. The van der Waals surface area contributed by atoms with Crippen molar-refractivity contribution in [3.63, 3.8) is 0 Å². The SMILES string of the molecule is NCC1CC(N=CC(=C(N)C2CC2)c2nccc3ncccc23)C1. The molecule has 0 radical (unpaired) electrons. The van der Waals surface area contributed by atoms with Gasteiger partial charge in [-0.25, -0.2) is 0 Å². The van der Waals surface area contributed by atoms with Gasteiger partial charge in [-0.2, -0.15) is 0 Å². The van der Waals surface area contributed by atoms with E-state index in [1.165, 1.54) is 0 Å². The van der Waals surface area contributed by atoms with Gasteiger partial charge in [0.05, 0.1) is 17.3 Å². The summed E-state index contributed by atoms with van der Waals surface area (Å²) < 4.78 is 0. The van der Waals surface area contributed by atoms with E-state index in [1.807, 2.05) is 24.4 Å². The Hall–Kier alpha value is -2.27. The molecule has 0 amide bonds. The van der Waals surface area contributed by atoms with E-state index >= 15 is 0 Å². The summed E-state index contributed by atoms with van der Waals surface area (Å²) in [6.45, 7) is 0.759. The number of aromatic nitrogens is 2. The third kappa shape index (κ3) is 2.91. The Morgan fingerprint density at radius 2 is 2.04 bits per heavy atom. The van der Waals surface area contributed by atoms with E-state index < -0.39 is 0 Å². The second-order valence-electron chi connectivity index (χ2n) is 6.88. The van der Waals surface area contributed by atoms with E-state index in [4.69, 9.17) is 16.5 Å². The highest BCUT2D eigenvalue weighted by Crippen LogP contribution is 2.38. The van der Waals surface area contributed by atoms with Gasteiger partial charge in [0.15, 0.2) is 0 Å². The van der Waals surface area contributed by atoms with Gasteiger partial charge in [-0.1, -0.05) is 0 Å². The minimum absolute atomic E-state index is 0.369. The first kappa shape index (κ1) is 15.3. The van der Waals surface area contributed by atoms with Gasteiger partial charge in [0, 0.05) is 35.3 Å². The molecule has 2 heterocycles. The first-order valence-corrected chi connectivity index (χ1v) is 8.69. The van der Waals surface area contributed by atoms with E-state index in [9.17, 15) is 0 Å². The molecule has 2 fully saturated rings. The van der Waals surface area contributed by atoms with Crippen molar-refractivity contribution in [2.24, 2.45) is 28.3 Å².